The third-order valence-corrected chi connectivity index (χ3v) is 4.54. The second-order valence-corrected chi connectivity index (χ2v) is 6.08. The maximum absolute atomic E-state index is 5.76. The highest BCUT2D eigenvalue weighted by atomic mass is 15.1. The van der Waals surface area contributed by atoms with Crippen molar-refractivity contribution in [2.24, 2.45) is 0 Å². The summed E-state index contributed by atoms with van der Waals surface area (Å²) in [5.74, 6) is 0.569. The van der Waals surface area contributed by atoms with Gasteiger partial charge in [0.05, 0.1) is 0 Å². The van der Waals surface area contributed by atoms with Crippen molar-refractivity contribution < 1.29 is 0 Å². The van der Waals surface area contributed by atoms with E-state index in [1.807, 2.05) is 12.1 Å². The first kappa shape index (κ1) is 14.0. The van der Waals surface area contributed by atoms with Crippen LogP contribution < -0.4 is 10.6 Å². The van der Waals surface area contributed by atoms with Crippen LogP contribution in [0.3, 0.4) is 0 Å². The second-order valence-electron chi connectivity index (χ2n) is 6.08. The van der Waals surface area contributed by atoms with Gasteiger partial charge in [-0.1, -0.05) is 37.3 Å². The molecule has 0 spiro atoms. The van der Waals surface area contributed by atoms with E-state index in [0.717, 1.165) is 12.2 Å². The Hall–Kier alpha value is -1.96. The SMILES string of the molecule is CC(CCN1CCCc2ccccc21)c1ccc(N)cc1. The zero-order valence-corrected chi connectivity index (χ0v) is 12.8. The monoisotopic (exact) mass is 280 g/mol. The standard InChI is InChI=1S/C19H24N2/c1-15(16-8-10-18(20)11-9-16)12-14-21-13-4-6-17-5-2-3-7-19(17)21/h2-3,5,7-11,15H,4,6,12-14,20H2,1H3. The van der Waals surface area contributed by atoms with Crippen molar-refractivity contribution in [3.05, 3.63) is 59.7 Å². The molecule has 21 heavy (non-hydrogen) atoms. The molecular formula is C19H24N2. The lowest BCUT2D eigenvalue weighted by atomic mass is 9.96. The first-order valence-electron chi connectivity index (χ1n) is 7.92. The highest BCUT2D eigenvalue weighted by Crippen LogP contribution is 2.28. The molecule has 1 aliphatic heterocycles. The fourth-order valence-corrected chi connectivity index (χ4v) is 3.18. The Morgan fingerprint density at radius 2 is 1.86 bits per heavy atom. The summed E-state index contributed by atoms with van der Waals surface area (Å²) in [4.78, 5) is 2.55. The van der Waals surface area contributed by atoms with Crippen molar-refractivity contribution in [3.63, 3.8) is 0 Å². The minimum Gasteiger partial charge on any atom is -0.399 e. The van der Waals surface area contributed by atoms with Gasteiger partial charge in [0.25, 0.3) is 0 Å². The largest absolute Gasteiger partial charge is 0.399 e. The predicted octanol–water partition coefficient (Wildman–Crippen LogP) is 4.22. The number of para-hydroxylation sites is 1. The number of fused-ring (bicyclic) bond motifs is 1. The fourth-order valence-electron chi connectivity index (χ4n) is 3.18. The van der Waals surface area contributed by atoms with E-state index in [1.54, 1.807) is 0 Å². The van der Waals surface area contributed by atoms with Crippen LogP contribution in [0.15, 0.2) is 48.5 Å². The maximum atomic E-state index is 5.76. The maximum Gasteiger partial charge on any atom is 0.0398 e. The Balaban J connectivity index is 1.64. The summed E-state index contributed by atoms with van der Waals surface area (Å²) in [5, 5.41) is 0. The van der Waals surface area contributed by atoms with Gasteiger partial charge < -0.3 is 10.6 Å². The first-order valence-corrected chi connectivity index (χ1v) is 7.92. The van der Waals surface area contributed by atoms with Crippen molar-refractivity contribution in [2.75, 3.05) is 23.7 Å². The van der Waals surface area contributed by atoms with E-state index < -0.39 is 0 Å². The summed E-state index contributed by atoms with van der Waals surface area (Å²) in [5.41, 5.74) is 10.9. The number of benzene rings is 2. The van der Waals surface area contributed by atoms with Crippen molar-refractivity contribution in [1.29, 1.82) is 0 Å². The Bertz CT molecular complexity index is 589. The van der Waals surface area contributed by atoms with Crippen LogP contribution in [-0.2, 0) is 6.42 Å². The molecule has 0 aromatic heterocycles. The smallest absolute Gasteiger partial charge is 0.0398 e. The molecule has 1 aliphatic rings. The molecule has 1 heterocycles. The number of rotatable bonds is 4. The van der Waals surface area contributed by atoms with Gasteiger partial charge in [-0.15, -0.1) is 0 Å². The Morgan fingerprint density at radius 3 is 2.67 bits per heavy atom. The van der Waals surface area contributed by atoms with Gasteiger partial charge in [0.15, 0.2) is 0 Å². The Labute approximate surface area is 127 Å². The lowest BCUT2D eigenvalue weighted by Crippen LogP contribution is -2.30. The number of hydrogen-bond acceptors (Lipinski definition) is 2. The van der Waals surface area contributed by atoms with Crippen LogP contribution in [0.25, 0.3) is 0 Å². The molecule has 2 aromatic carbocycles. The molecule has 1 atom stereocenters. The molecule has 0 radical (unpaired) electrons. The van der Waals surface area contributed by atoms with Gasteiger partial charge >= 0.3 is 0 Å². The topological polar surface area (TPSA) is 29.3 Å². The number of hydrogen-bond donors (Lipinski definition) is 1. The summed E-state index contributed by atoms with van der Waals surface area (Å²) in [7, 11) is 0. The van der Waals surface area contributed by atoms with Crippen LogP contribution in [0, 0.1) is 0 Å². The summed E-state index contributed by atoms with van der Waals surface area (Å²) >= 11 is 0. The lowest BCUT2D eigenvalue weighted by molar-refractivity contribution is 0.618. The van der Waals surface area contributed by atoms with E-state index in [9.17, 15) is 0 Å². The van der Waals surface area contributed by atoms with Crippen molar-refractivity contribution in [3.8, 4) is 0 Å². The van der Waals surface area contributed by atoms with Gasteiger partial charge in [-0.25, -0.2) is 0 Å². The van der Waals surface area contributed by atoms with Crippen molar-refractivity contribution in [2.45, 2.75) is 32.1 Å². The van der Waals surface area contributed by atoms with Crippen LogP contribution in [-0.4, -0.2) is 13.1 Å². The number of nitrogens with zero attached hydrogens (tertiary/aromatic N) is 1. The highest BCUT2D eigenvalue weighted by molar-refractivity contribution is 5.55. The molecule has 0 saturated heterocycles. The molecule has 2 heteroatoms. The number of anilines is 2. The van der Waals surface area contributed by atoms with E-state index in [0.29, 0.717) is 5.92 Å². The fraction of sp³-hybridized carbons (Fsp3) is 0.368. The van der Waals surface area contributed by atoms with Crippen LogP contribution in [0.4, 0.5) is 11.4 Å². The van der Waals surface area contributed by atoms with Crippen LogP contribution in [0.5, 0.6) is 0 Å². The third kappa shape index (κ3) is 3.21. The molecule has 0 aliphatic carbocycles. The van der Waals surface area contributed by atoms with Gasteiger partial charge in [0.1, 0.15) is 0 Å². The molecule has 0 fully saturated rings. The molecule has 2 N–H and O–H groups in total. The van der Waals surface area contributed by atoms with Crippen molar-refractivity contribution in [1.82, 2.24) is 0 Å². The second kappa shape index (κ2) is 6.21. The zero-order valence-electron chi connectivity index (χ0n) is 12.8. The molecule has 2 aromatic rings. The van der Waals surface area contributed by atoms with Crippen LogP contribution in [0.2, 0.25) is 0 Å². The van der Waals surface area contributed by atoms with Gasteiger partial charge in [-0.2, -0.15) is 0 Å². The van der Waals surface area contributed by atoms with Crippen LogP contribution >= 0.6 is 0 Å². The van der Waals surface area contributed by atoms with Gasteiger partial charge in [-0.3, -0.25) is 0 Å². The number of aryl methyl sites for hydroxylation is 1. The predicted molar refractivity (Wildman–Crippen MR) is 90.9 cm³/mol. The molecular weight excluding hydrogens is 256 g/mol. The van der Waals surface area contributed by atoms with E-state index in [2.05, 4.69) is 48.2 Å². The minimum atomic E-state index is 0.569. The molecule has 0 bridgehead atoms. The zero-order chi connectivity index (χ0) is 14.7. The number of nitrogens with two attached hydrogens (primary N) is 1. The van der Waals surface area contributed by atoms with Crippen molar-refractivity contribution >= 4 is 11.4 Å². The van der Waals surface area contributed by atoms with E-state index >= 15 is 0 Å². The molecule has 0 saturated carbocycles. The number of nitrogen functional groups attached to an aromatic ring is 1. The summed E-state index contributed by atoms with van der Waals surface area (Å²) < 4.78 is 0. The van der Waals surface area contributed by atoms with E-state index in [1.165, 1.54) is 42.6 Å². The normalized spacial score (nSPS) is 15.6. The van der Waals surface area contributed by atoms with E-state index in [-0.39, 0.29) is 0 Å². The first-order chi connectivity index (χ1) is 10.2. The minimum absolute atomic E-state index is 0.569. The van der Waals surface area contributed by atoms with Crippen LogP contribution in [0.1, 0.15) is 36.8 Å². The molecule has 110 valence electrons. The summed E-state index contributed by atoms with van der Waals surface area (Å²) in [6.45, 7) is 4.62. The van der Waals surface area contributed by atoms with E-state index in [4.69, 9.17) is 5.73 Å². The van der Waals surface area contributed by atoms with Gasteiger partial charge in [0, 0.05) is 24.5 Å². The molecule has 1 unspecified atom stereocenters. The van der Waals surface area contributed by atoms with Gasteiger partial charge in [-0.05, 0) is 54.5 Å². The molecule has 0 amide bonds. The quantitative estimate of drug-likeness (QED) is 0.850. The Kier molecular flexibility index (Phi) is 4.14. The average Bonchev–Trinajstić information content (AvgIpc) is 2.53. The Morgan fingerprint density at radius 1 is 1.10 bits per heavy atom. The third-order valence-electron chi connectivity index (χ3n) is 4.54. The summed E-state index contributed by atoms with van der Waals surface area (Å²) in [6.07, 6.45) is 3.67. The lowest BCUT2D eigenvalue weighted by Gasteiger charge is -2.32. The summed E-state index contributed by atoms with van der Waals surface area (Å²) in [6, 6.07) is 17.2. The average molecular weight is 280 g/mol. The highest BCUT2D eigenvalue weighted by Gasteiger charge is 2.16. The molecule has 2 nitrogen and oxygen atoms in total. The van der Waals surface area contributed by atoms with Gasteiger partial charge in [0.2, 0.25) is 0 Å². The molecule has 3 rings (SSSR count).